The zero-order valence-electron chi connectivity index (χ0n) is 11.3. The lowest BCUT2D eigenvalue weighted by atomic mass is 10.0. The lowest BCUT2D eigenvalue weighted by Crippen LogP contribution is -2.24. The van der Waals surface area contributed by atoms with Crippen molar-refractivity contribution >= 4 is 27.5 Å². The minimum atomic E-state index is 0.152. The predicted molar refractivity (Wildman–Crippen MR) is 85.9 cm³/mol. The highest BCUT2D eigenvalue weighted by atomic mass is 79.9. The molecule has 0 aromatic carbocycles. The molecule has 1 atom stereocenters. The van der Waals surface area contributed by atoms with Crippen molar-refractivity contribution in [3.8, 4) is 0 Å². The molecule has 0 bridgehead atoms. The van der Waals surface area contributed by atoms with Crippen LogP contribution >= 0.6 is 27.5 Å². The maximum Gasteiger partial charge on any atom is 0.0637 e. The molecule has 2 rings (SSSR count). The fourth-order valence-corrected chi connectivity index (χ4v) is 2.50. The largest absolute Gasteiger partial charge is 0.310 e. The van der Waals surface area contributed by atoms with Gasteiger partial charge >= 0.3 is 0 Å². The van der Waals surface area contributed by atoms with Crippen molar-refractivity contribution < 1.29 is 0 Å². The summed E-state index contributed by atoms with van der Waals surface area (Å²) in [6.07, 6.45) is 7.16. The number of rotatable bonds is 6. The van der Waals surface area contributed by atoms with Crippen LogP contribution in [-0.2, 0) is 6.42 Å². The lowest BCUT2D eigenvalue weighted by molar-refractivity contribution is 0.524. The van der Waals surface area contributed by atoms with E-state index in [-0.39, 0.29) is 6.04 Å². The van der Waals surface area contributed by atoms with Gasteiger partial charge in [0, 0.05) is 41.2 Å². The zero-order valence-corrected chi connectivity index (χ0v) is 13.7. The molecule has 0 aliphatic rings. The van der Waals surface area contributed by atoms with Crippen LogP contribution in [0.15, 0.2) is 41.3 Å². The highest BCUT2D eigenvalue weighted by Crippen LogP contribution is 2.24. The second kappa shape index (κ2) is 7.72. The highest BCUT2D eigenvalue weighted by Gasteiger charge is 2.15. The first-order valence-electron chi connectivity index (χ1n) is 6.64. The highest BCUT2D eigenvalue weighted by molar-refractivity contribution is 9.10. The van der Waals surface area contributed by atoms with Gasteiger partial charge in [0.15, 0.2) is 0 Å². The molecule has 0 saturated carbocycles. The number of halogens is 2. The summed E-state index contributed by atoms with van der Waals surface area (Å²) >= 11 is 9.66. The van der Waals surface area contributed by atoms with E-state index in [2.05, 4.69) is 38.1 Å². The monoisotopic (exact) mass is 353 g/mol. The van der Waals surface area contributed by atoms with Gasteiger partial charge in [-0.2, -0.15) is 0 Å². The Labute approximate surface area is 132 Å². The molecule has 0 saturated heterocycles. The quantitative estimate of drug-likeness (QED) is 0.846. The maximum absolute atomic E-state index is 6.26. The normalized spacial score (nSPS) is 12.3. The third kappa shape index (κ3) is 4.27. The Kier molecular flexibility index (Phi) is 5.95. The predicted octanol–water partition coefficient (Wildman–Crippen LogP) is 4.18. The van der Waals surface area contributed by atoms with Crippen molar-refractivity contribution in [2.45, 2.75) is 25.8 Å². The summed E-state index contributed by atoms with van der Waals surface area (Å²) in [7, 11) is 0. The van der Waals surface area contributed by atoms with E-state index in [1.54, 1.807) is 12.4 Å². The van der Waals surface area contributed by atoms with E-state index < -0.39 is 0 Å². The molecule has 106 valence electrons. The van der Waals surface area contributed by atoms with Crippen LogP contribution < -0.4 is 5.32 Å². The van der Waals surface area contributed by atoms with Crippen LogP contribution in [0.4, 0.5) is 0 Å². The smallest absolute Gasteiger partial charge is 0.0637 e. The van der Waals surface area contributed by atoms with Gasteiger partial charge in [0.05, 0.1) is 5.02 Å². The van der Waals surface area contributed by atoms with Gasteiger partial charge in [-0.1, -0.05) is 18.5 Å². The molecule has 1 unspecified atom stereocenters. The third-order valence-electron chi connectivity index (χ3n) is 3.02. The van der Waals surface area contributed by atoms with Gasteiger partial charge in [-0.25, -0.2) is 0 Å². The second-order valence-electron chi connectivity index (χ2n) is 4.58. The number of aromatic nitrogens is 2. The number of pyridine rings is 2. The molecule has 0 aliphatic heterocycles. The van der Waals surface area contributed by atoms with Gasteiger partial charge in [-0.3, -0.25) is 9.97 Å². The van der Waals surface area contributed by atoms with Crippen LogP contribution in [0.2, 0.25) is 5.02 Å². The minimum Gasteiger partial charge on any atom is -0.310 e. The average molecular weight is 355 g/mol. The standard InChI is InChI=1S/C15H17BrClN3/c1-2-6-19-15(13-5-7-18-10-14(13)17)8-12-4-3-11(16)9-20-12/h3-5,7,9-10,15,19H,2,6,8H2,1H3. The first-order chi connectivity index (χ1) is 9.70. The molecule has 0 spiro atoms. The summed E-state index contributed by atoms with van der Waals surface area (Å²) in [6, 6.07) is 6.15. The van der Waals surface area contributed by atoms with E-state index in [9.17, 15) is 0 Å². The van der Waals surface area contributed by atoms with Crippen molar-refractivity contribution in [2.24, 2.45) is 0 Å². The van der Waals surface area contributed by atoms with E-state index in [0.717, 1.165) is 35.1 Å². The van der Waals surface area contributed by atoms with Crippen LogP contribution in [-0.4, -0.2) is 16.5 Å². The van der Waals surface area contributed by atoms with Crippen molar-refractivity contribution in [1.29, 1.82) is 0 Å². The van der Waals surface area contributed by atoms with Gasteiger partial charge < -0.3 is 5.32 Å². The molecule has 2 heterocycles. The van der Waals surface area contributed by atoms with Crippen LogP contribution in [0.3, 0.4) is 0 Å². The molecule has 0 amide bonds. The van der Waals surface area contributed by atoms with Gasteiger partial charge in [0.25, 0.3) is 0 Å². The molecule has 2 aromatic rings. The number of hydrogen-bond donors (Lipinski definition) is 1. The van der Waals surface area contributed by atoms with E-state index in [4.69, 9.17) is 11.6 Å². The topological polar surface area (TPSA) is 37.8 Å². The zero-order chi connectivity index (χ0) is 14.4. The van der Waals surface area contributed by atoms with Gasteiger partial charge in [0.1, 0.15) is 0 Å². The molecule has 5 heteroatoms. The van der Waals surface area contributed by atoms with Gasteiger partial charge in [-0.15, -0.1) is 0 Å². The van der Waals surface area contributed by atoms with Crippen molar-refractivity contribution in [1.82, 2.24) is 15.3 Å². The van der Waals surface area contributed by atoms with Crippen LogP contribution in [0.1, 0.15) is 30.6 Å². The Balaban J connectivity index is 2.19. The molecule has 0 radical (unpaired) electrons. The first-order valence-corrected chi connectivity index (χ1v) is 7.81. The Bertz CT molecular complexity index is 545. The van der Waals surface area contributed by atoms with Crippen molar-refractivity contribution in [3.63, 3.8) is 0 Å². The van der Waals surface area contributed by atoms with E-state index in [1.807, 2.05) is 24.4 Å². The molecule has 20 heavy (non-hydrogen) atoms. The summed E-state index contributed by atoms with van der Waals surface area (Å²) in [5.74, 6) is 0. The third-order valence-corrected chi connectivity index (χ3v) is 3.81. The van der Waals surface area contributed by atoms with Crippen LogP contribution in [0.25, 0.3) is 0 Å². The Morgan fingerprint density at radius 3 is 2.80 bits per heavy atom. The van der Waals surface area contributed by atoms with Crippen molar-refractivity contribution in [2.75, 3.05) is 6.54 Å². The fourth-order valence-electron chi connectivity index (χ4n) is 2.02. The molecular weight excluding hydrogens is 338 g/mol. The van der Waals surface area contributed by atoms with Gasteiger partial charge in [-0.05, 0) is 52.7 Å². The van der Waals surface area contributed by atoms with Crippen LogP contribution in [0, 0.1) is 0 Å². The van der Waals surface area contributed by atoms with E-state index >= 15 is 0 Å². The summed E-state index contributed by atoms with van der Waals surface area (Å²) < 4.78 is 0.987. The molecular formula is C15H17BrClN3. The number of nitrogens with one attached hydrogen (secondary N) is 1. The molecule has 3 nitrogen and oxygen atoms in total. The Morgan fingerprint density at radius 1 is 1.30 bits per heavy atom. The Hall–Kier alpha value is -0.970. The Morgan fingerprint density at radius 2 is 2.15 bits per heavy atom. The second-order valence-corrected chi connectivity index (χ2v) is 5.90. The van der Waals surface area contributed by atoms with E-state index in [0.29, 0.717) is 5.02 Å². The first kappa shape index (κ1) is 15.4. The lowest BCUT2D eigenvalue weighted by Gasteiger charge is -2.19. The SMILES string of the molecule is CCCNC(Cc1ccc(Br)cn1)c1ccncc1Cl. The number of nitrogens with zero attached hydrogens (tertiary/aromatic N) is 2. The molecule has 0 fully saturated rings. The van der Waals surface area contributed by atoms with E-state index in [1.165, 1.54) is 0 Å². The summed E-state index contributed by atoms with van der Waals surface area (Å²) in [4.78, 5) is 8.48. The van der Waals surface area contributed by atoms with Crippen molar-refractivity contribution in [3.05, 3.63) is 57.5 Å². The molecule has 1 N–H and O–H groups in total. The van der Waals surface area contributed by atoms with Crippen LogP contribution in [0.5, 0.6) is 0 Å². The summed E-state index contributed by atoms with van der Waals surface area (Å²) in [5, 5.41) is 4.22. The number of hydrogen-bond acceptors (Lipinski definition) is 3. The maximum atomic E-state index is 6.26. The molecule has 2 aromatic heterocycles. The van der Waals surface area contributed by atoms with Gasteiger partial charge in [0.2, 0.25) is 0 Å². The summed E-state index contributed by atoms with van der Waals surface area (Å²) in [6.45, 7) is 3.09. The minimum absolute atomic E-state index is 0.152. The average Bonchev–Trinajstić information content (AvgIpc) is 2.46. The molecule has 0 aliphatic carbocycles. The fraction of sp³-hybridized carbons (Fsp3) is 0.333. The summed E-state index contributed by atoms with van der Waals surface area (Å²) in [5.41, 5.74) is 2.11.